The minimum absolute atomic E-state index is 0.265. The van der Waals surface area contributed by atoms with Crippen molar-refractivity contribution >= 4 is 21.9 Å². The summed E-state index contributed by atoms with van der Waals surface area (Å²) in [5.41, 5.74) is 0.723. The number of amides is 1. The fourth-order valence-electron chi connectivity index (χ4n) is 1.89. The van der Waals surface area contributed by atoms with Gasteiger partial charge in [-0.25, -0.2) is 18.4 Å². The van der Waals surface area contributed by atoms with Crippen molar-refractivity contribution in [1.29, 1.82) is 0 Å². The van der Waals surface area contributed by atoms with Gasteiger partial charge in [-0.1, -0.05) is 31.9 Å². The maximum absolute atomic E-state index is 12.0. The molecule has 4 N–H and O–H groups in total. The second-order valence-corrected chi connectivity index (χ2v) is 6.63. The van der Waals surface area contributed by atoms with Gasteiger partial charge in [-0.15, -0.1) is 0 Å². The third-order valence-electron chi connectivity index (χ3n) is 3.03. The van der Waals surface area contributed by atoms with Crippen molar-refractivity contribution in [3.8, 4) is 0 Å². The van der Waals surface area contributed by atoms with Gasteiger partial charge in [-0.2, -0.15) is 0 Å². The first kappa shape index (κ1) is 18.1. The molecule has 0 unspecified atom stereocenters. The first-order chi connectivity index (χ1) is 10.2. The smallest absolute Gasteiger partial charge is 0.326 e. The number of carboxylic acid groups (broad SMARTS) is 1. The van der Waals surface area contributed by atoms with Crippen LogP contribution in [0, 0.1) is 0 Å². The van der Waals surface area contributed by atoms with Gasteiger partial charge in [-0.3, -0.25) is 4.79 Å². The van der Waals surface area contributed by atoms with Gasteiger partial charge in [0, 0.05) is 5.56 Å². The van der Waals surface area contributed by atoms with Gasteiger partial charge in [0.05, 0.1) is 5.75 Å². The van der Waals surface area contributed by atoms with Crippen molar-refractivity contribution in [2.45, 2.75) is 38.0 Å². The minimum Gasteiger partial charge on any atom is -0.480 e. The van der Waals surface area contributed by atoms with Crippen molar-refractivity contribution in [2.24, 2.45) is 5.14 Å². The SMILES string of the molecule is CCCC[C@H](NC(=O)c1ccc(CS(N)(=O)=O)cc1)C(=O)O. The number of rotatable bonds is 8. The number of carbonyl (C=O) groups is 2. The van der Waals surface area contributed by atoms with E-state index < -0.39 is 27.9 Å². The lowest BCUT2D eigenvalue weighted by atomic mass is 10.1. The normalized spacial score (nSPS) is 12.6. The highest BCUT2D eigenvalue weighted by Gasteiger charge is 2.20. The topological polar surface area (TPSA) is 127 Å². The number of carboxylic acids is 1. The van der Waals surface area contributed by atoms with E-state index in [9.17, 15) is 18.0 Å². The van der Waals surface area contributed by atoms with Crippen molar-refractivity contribution in [2.75, 3.05) is 0 Å². The Balaban J connectivity index is 2.74. The number of carbonyl (C=O) groups excluding carboxylic acids is 1. The number of benzene rings is 1. The van der Waals surface area contributed by atoms with Crippen LogP contribution in [-0.4, -0.2) is 31.4 Å². The molecule has 1 rings (SSSR count). The van der Waals surface area contributed by atoms with E-state index in [2.05, 4.69) is 5.32 Å². The highest BCUT2D eigenvalue weighted by molar-refractivity contribution is 7.88. The van der Waals surface area contributed by atoms with E-state index in [4.69, 9.17) is 10.2 Å². The molecule has 0 heterocycles. The van der Waals surface area contributed by atoms with Crippen LogP contribution in [0.15, 0.2) is 24.3 Å². The van der Waals surface area contributed by atoms with Crippen LogP contribution in [0.3, 0.4) is 0 Å². The molecule has 0 fully saturated rings. The lowest BCUT2D eigenvalue weighted by molar-refractivity contribution is -0.139. The van der Waals surface area contributed by atoms with Crippen LogP contribution in [-0.2, 0) is 20.6 Å². The molecule has 0 saturated heterocycles. The molecule has 0 aromatic heterocycles. The third-order valence-corrected chi connectivity index (χ3v) is 3.77. The zero-order valence-electron chi connectivity index (χ0n) is 12.3. The van der Waals surface area contributed by atoms with E-state index in [0.717, 1.165) is 6.42 Å². The van der Waals surface area contributed by atoms with Gasteiger partial charge in [0.2, 0.25) is 10.0 Å². The molecule has 122 valence electrons. The van der Waals surface area contributed by atoms with E-state index >= 15 is 0 Å². The van der Waals surface area contributed by atoms with Gasteiger partial charge in [0.25, 0.3) is 5.91 Å². The fourth-order valence-corrected chi connectivity index (χ4v) is 2.55. The fraction of sp³-hybridized carbons (Fsp3) is 0.429. The van der Waals surface area contributed by atoms with E-state index in [1.165, 1.54) is 24.3 Å². The van der Waals surface area contributed by atoms with E-state index in [-0.39, 0.29) is 11.3 Å². The standard InChI is InChI=1S/C14H20N2O5S/c1-2-3-4-12(14(18)19)16-13(17)11-7-5-10(6-8-11)9-22(15,20)21/h5-8,12H,2-4,9H2,1H3,(H,16,17)(H,18,19)(H2,15,20,21)/t12-/m0/s1. The lowest BCUT2D eigenvalue weighted by Crippen LogP contribution is -2.40. The molecule has 0 radical (unpaired) electrons. The Labute approximate surface area is 129 Å². The first-order valence-electron chi connectivity index (χ1n) is 6.86. The molecule has 0 saturated carbocycles. The molecule has 7 nitrogen and oxygen atoms in total. The average Bonchev–Trinajstić information content (AvgIpc) is 2.42. The predicted octanol–water partition coefficient (Wildman–Crippen LogP) is 0.848. The summed E-state index contributed by atoms with van der Waals surface area (Å²) in [6.07, 6.45) is 1.90. The third kappa shape index (κ3) is 6.23. The Morgan fingerprint density at radius 1 is 1.27 bits per heavy atom. The molecule has 0 aliphatic heterocycles. The number of aliphatic carboxylic acids is 1. The first-order valence-corrected chi connectivity index (χ1v) is 8.57. The summed E-state index contributed by atoms with van der Waals surface area (Å²) in [5.74, 6) is -1.90. The number of nitrogens with two attached hydrogens (primary N) is 1. The molecule has 0 aliphatic rings. The summed E-state index contributed by atoms with van der Waals surface area (Å²) in [6.45, 7) is 1.94. The molecule has 1 atom stereocenters. The molecular weight excluding hydrogens is 308 g/mol. The number of primary sulfonamides is 1. The molecule has 0 bridgehead atoms. The number of nitrogens with one attached hydrogen (secondary N) is 1. The Morgan fingerprint density at radius 3 is 2.32 bits per heavy atom. The van der Waals surface area contributed by atoms with Crippen LogP contribution in [0.25, 0.3) is 0 Å². The number of unbranched alkanes of at least 4 members (excludes halogenated alkanes) is 1. The summed E-state index contributed by atoms with van der Waals surface area (Å²) in [6, 6.07) is 4.89. The summed E-state index contributed by atoms with van der Waals surface area (Å²) >= 11 is 0. The summed E-state index contributed by atoms with van der Waals surface area (Å²) in [4.78, 5) is 23.1. The van der Waals surface area contributed by atoms with Crippen LogP contribution >= 0.6 is 0 Å². The quantitative estimate of drug-likeness (QED) is 0.652. The summed E-state index contributed by atoms with van der Waals surface area (Å²) in [5, 5.41) is 16.5. The highest BCUT2D eigenvalue weighted by atomic mass is 32.2. The van der Waals surface area contributed by atoms with Gasteiger partial charge < -0.3 is 10.4 Å². The second-order valence-electron chi connectivity index (χ2n) is 5.01. The maximum atomic E-state index is 12.0. The zero-order valence-corrected chi connectivity index (χ0v) is 13.1. The largest absolute Gasteiger partial charge is 0.480 e. The van der Waals surface area contributed by atoms with Gasteiger partial charge in [0.1, 0.15) is 6.04 Å². The monoisotopic (exact) mass is 328 g/mol. The van der Waals surface area contributed by atoms with Crippen LogP contribution in [0.2, 0.25) is 0 Å². The van der Waals surface area contributed by atoms with Gasteiger partial charge in [-0.05, 0) is 24.1 Å². The van der Waals surface area contributed by atoms with E-state index in [0.29, 0.717) is 18.4 Å². The second kappa shape index (κ2) is 7.90. The highest BCUT2D eigenvalue weighted by Crippen LogP contribution is 2.08. The molecular formula is C14H20N2O5S. The number of hydrogen-bond donors (Lipinski definition) is 3. The number of sulfonamides is 1. The summed E-state index contributed by atoms with van der Waals surface area (Å²) < 4.78 is 21.9. The number of hydrogen-bond acceptors (Lipinski definition) is 4. The Morgan fingerprint density at radius 2 is 1.86 bits per heavy atom. The molecule has 1 amide bonds. The average molecular weight is 328 g/mol. The lowest BCUT2D eigenvalue weighted by Gasteiger charge is -2.14. The van der Waals surface area contributed by atoms with E-state index in [1.807, 2.05) is 6.92 Å². The van der Waals surface area contributed by atoms with Crippen molar-refractivity contribution < 1.29 is 23.1 Å². The molecule has 1 aromatic rings. The van der Waals surface area contributed by atoms with Crippen LogP contribution in [0.4, 0.5) is 0 Å². The Hall–Kier alpha value is -1.93. The molecule has 0 aliphatic carbocycles. The van der Waals surface area contributed by atoms with Crippen LogP contribution < -0.4 is 10.5 Å². The summed E-state index contributed by atoms with van der Waals surface area (Å²) in [7, 11) is -3.63. The van der Waals surface area contributed by atoms with Crippen molar-refractivity contribution in [1.82, 2.24) is 5.32 Å². The molecule has 0 spiro atoms. The molecule has 22 heavy (non-hydrogen) atoms. The van der Waals surface area contributed by atoms with Crippen LogP contribution in [0.5, 0.6) is 0 Å². The van der Waals surface area contributed by atoms with Crippen molar-refractivity contribution in [3.63, 3.8) is 0 Å². The Kier molecular flexibility index (Phi) is 6.51. The van der Waals surface area contributed by atoms with Gasteiger partial charge >= 0.3 is 5.97 Å². The molecule has 8 heteroatoms. The maximum Gasteiger partial charge on any atom is 0.326 e. The Bertz CT molecular complexity index is 625. The zero-order chi connectivity index (χ0) is 16.8. The van der Waals surface area contributed by atoms with Crippen molar-refractivity contribution in [3.05, 3.63) is 35.4 Å². The molecule has 1 aromatic carbocycles. The van der Waals surface area contributed by atoms with Crippen LogP contribution in [0.1, 0.15) is 42.1 Å². The van der Waals surface area contributed by atoms with E-state index in [1.54, 1.807) is 0 Å². The predicted molar refractivity (Wildman–Crippen MR) is 81.7 cm³/mol. The van der Waals surface area contributed by atoms with Gasteiger partial charge in [0.15, 0.2) is 0 Å². The minimum atomic E-state index is -3.63.